The van der Waals surface area contributed by atoms with Crippen molar-refractivity contribution in [3.05, 3.63) is 6.54 Å². The van der Waals surface area contributed by atoms with Crippen molar-refractivity contribution in [3.8, 4) is 0 Å². The van der Waals surface area contributed by atoms with Crippen LogP contribution in [0.5, 0.6) is 0 Å². The topological polar surface area (TPSA) is 15.6 Å². The Hall–Kier alpha value is -0.740. The molecule has 0 spiro atoms. The largest absolute Gasteiger partial charge is 0.338 e. The van der Waals surface area contributed by atoms with Gasteiger partial charge in [-0.1, -0.05) is 0 Å². The molecule has 1 unspecified atom stereocenters. The van der Waals surface area contributed by atoms with Crippen LogP contribution in [0.4, 0.5) is 13.2 Å². The second-order valence-electron chi connectivity index (χ2n) is 1.98. The summed E-state index contributed by atoms with van der Waals surface area (Å²) in [7, 11) is 0. The van der Waals surface area contributed by atoms with E-state index in [4.69, 9.17) is 0 Å². The molecule has 3 radical (unpaired) electrons. The van der Waals surface area contributed by atoms with Crippen LogP contribution in [0.25, 0.3) is 0 Å². The number of hydrogen-bond acceptors (Lipinski definition) is 2. The van der Waals surface area contributed by atoms with E-state index in [9.17, 15) is 13.2 Å². The fourth-order valence-electron chi connectivity index (χ4n) is 0.661. The summed E-state index contributed by atoms with van der Waals surface area (Å²) >= 11 is 0. The molecular formula is C6H6F3N2. The molecule has 0 aromatic carbocycles. The number of hydrogen-bond donors (Lipinski definition) is 0. The van der Waals surface area contributed by atoms with Crippen molar-refractivity contribution in [3.63, 3.8) is 0 Å². The lowest BCUT2D eigenvalue weighted by atomic mass is 10.3. The van der Waals surface area contributed by atoms with Gasteiger partial charge >= 0.3 is 0 Å². The number of alkyl halides is 3. The van der Waals surface area contributed by atoms with E-state index in [-0.39, 0.29) is 6.54 Å². The lowest BCUT2D eigenvalue weighted by Gasteiger charge is -2.10. The SMILES string of the molecule is FCCN1[C]C(C(F)F)N=[C]1. The Kier molecular flexibility index (Phi) is 2.73. The fraction of sp³-hybridized carbons (Fsp3) is 0.667. The second-order valence-corrected chi connectivity index (χ2v) is 1.98. The van der Waals surface area contributed by atoms with E-state index in [1.165, 1.54) is 0 Å². The first-order chi connectivity index (χ1) is 5.24. The molecule has 0 saturated carbocycles. The van der Waals surface area contributed by atoms with Crippen molar-refractivity contribution < 1.29 is 13.2 Å². The third kappa shape index (κ3) is 2.10. The van der Waals surface area contributed by atoms with Gasteiger partial charge < -0.3 is 4.90 Å². The molecule has 1 aliphatic rings. The molecule has 1 rings (SSSR count). The maximum Gasteiger partial charge on any atom is 0.263 e. The van der Waals surface area contributed by atoms with Crippen molar-refractivity contribution in [2.75, 3.05) is 13.2 Å². The first-order valence-corrected chi connectivity index (χ1v) is 3.07. The van der Waals surface area contributed by atoms with Crippen LogP contribution in [0.1, 0.15) is 0 Å². The molecule has 1 atom stereocenters. The Labute approximate surface area is 62.7 Å². The molecule has 0 amide bonds. The van der Waals surface area contributed by atoms with Gasteiger partial charge in [0.1, 0.15) is 19.3 Å². The lowest BCUT2D eigenvalue weighted by Crippen LogP contribution is -2.23. The third-order valence-electron chi connectivity index (χ3n) is 1.15. The standard InChI is InChI=1S/C6H6F3N2/c7-1-2-11-3-5(6(8)9)10-4-11/h5-6H,1-2H2. The van der Waals surface area contributed by atoms with E-state index in [2.05, 4.69) is 17.9 Å². The molecule has 61 valence electrons. The van der Waals surface area contributed by atoms with Gasteiger partial charge in [0.05, 0.1) is 0 Å². The first-order valence-electron chi connectivity index (χ1n) is 3.07. The van der Waals surface area contributed by atoms with E-state index in [0.717, 1.165) is 4.90 Å². The molecular weight excluding hydrogens is 157 g/mol. The van der Waals surface area contributed by atoms with Gasteiger partial charge in [0.25, 0.3) is 6.43 Å². The number of aliphatic imine (C=N–C) groups is 1. The Morgan fingerprint density at radius 1 is 1.55 bits per heavy atom. The summed E-state index contributed by atoms with van der Waals surface area (Å²) in [6.45, 7) is 1.63. The van der Waals surface area contributed by atoms with Crippen molar-refractivity contribution in [1.29, 1.82) is 0 Å². The van der Waals surface area contributed by atoms with Gasteiger partial charge in [-0.05, 0) is 0 Å². The molecule has 0 aromatic rings. The van der Waals surface area contributed by atoms with Crippen LogP contribution in [-0.4, -0.2) is 36.9 Å². The van der Waals surface area contributed by atoms with E-state index in [1.807, 2.05) is 0 Å². The van der Waals surface area contributed by atoms with Crippen molar-refractivity contribution >= 4 is 6.34 Å². The predicted molar refractivity (Wildman–Crippen MR) is 33.2 cm³/mol. The molecule has 2 nitrogen and oxygen atoms in total. The van der Waals surface area contributed by atoms with Crippen LogP contribution >= 0.6 is 0 Å². The Balaban J connectivity index is 2.31. The maximum atomic E-state index is 11.8. The molecule has 5 heteroatoms. The zero-order valence-corrected chi connectivity index (χ0v) is 5.60. The number of halogens is 3. The van der Waals surface area contributed by atoms with E-state index in [0.29, 0.717) is 0 Å². The molecule has 0 aromatic heterocycles. The summed E-state index contributed by atoms with van der Waals surface area (Å²) in [4.78, 5) is 4.36. The summed E-state index contributed by atoms with van der Waals surface area (Å²) < 4.78 is 35.3. The molecule has 11 heavy (non-hydrogen) atoms. The Bertz CT molecular complexity index is 149. The van der Waals surface area contributed by atoms with Crippen molar-refractivity contribution in [2.45, 2.75) is 12.5 Å². The fourth-order valence-corrected chi connectivity index (χ4v) is 0.661. The molecule has 0 fully saturated rings. The second kappa shape index (κ2) is 3.59. The molecule has 0 N–H and O–H groups in total. The smallest absolute Gasteiger partial charge is 0.263 e. The summed E-state index contributed by atoms with van der Waals surface area (Å²) in [5, 5.41) is 0. The quantitative estimate of drug-likeness (QED) is 0.602. The summed E-state index contributed by atoms with van der Waals surface area (Å²) in [6, 6.07) is -1.26. The lowest BCUT2D eigenvalue weighted by molar-refractivity contribution is 0.125. The normalized spacial score (nSPS) is 23.6. The third-order valence-corrected chi connectivity index (χ3v) is 1.15. The zero-order valence-electron chi connectivity index (χ0n) is 5.60. The van der Waals surface area contributed by atoms with Crippen LogP contribution in [0.15, 0.2) is 4.99 Å². The molecule has 0 bridgehead atoms. The Morgan fingerprint density at radius 3 is 2.73 bits per heavy atom. The maximum absolute atomic E-state index is 11.8. The van der Waals surface area contributed by atoms with E-state index >= 15 is 0 Å². The van der Waals surface area contributed by atoms with Gasteiger partial charge in [-0.2, -0.15) is 0 Å². The summed E-state index contributed by atoms with van der Waals surface area (Å²) in [5.41, 5.74) is 0. The van der Waals surface area contributed by atoms with Crippen LogP contribution in [-0.2, 0) is 0 Å². The predicted octanol–water partition coefficient (Wildman–Crippen LogP) is 0.849. The Morgan fingerprint density at radius 2 is 2.27 bits per heavy atom. The highest BCUT2D eigenvalue weighted by atomic mass is 19.3. The summed E-state index contributed by atoms with van der Waals surface area (Å²) in [5.74, 6) is 0. The van der Waals surface area contributed by atoms with Crippen LogP contribution in [0.3, 0.4) is 0 Å². The highest BCUT2D eigenvalue weighted by molar-refractivity contribution is 5.59. The monoisotopic (exact) mass is 163 g/mol. The minimum Gasteiger partial charge on any atom is -0.338 e. The number of rotatable bonds is 3. The zero-order chi connectivity index (χ0) is 8.27. The highest BCUT2D eigenvalue weighted by Gasteiger charge is 2.27. The summed E-state index contributed by atoms with van der Waals surface area (Å²) in [6.07, 6.45) is -0.361. The molecule has 1 heterocycles. The minimum atomic E-state index is -2.58. The van der Waals surface area contributed by atoms with Crippen molar-refractivity contribution in [1.82, 2.24) is 4.90 Å². The minimum absolute atomic E-state index is 0.00722. The van der Waals surface area contributed by atoms with E-state index in [1.54, 1.807) is 0 Å². The van der Waals surface area contributed by atoms with Gasteiger partial charge in [0.2, 0.25) is 0 Å². The molecule has 0 saturated heterocycles. The van der Waals surface area contributed by atoms with Crippen LogP contribution in [0, 0.1) is 6.54 Å². The average Bonchev–Trinajstić information content (AvgIpc) is 2.37. The molecule has 0 aliphatic carbocycles. The van der Waals surface area contributed by atoms with Gasteiger partial charge in [-0.25, -0.2) is 13.2 Å². The van der Waals surface area contributed by atoms with Gasteiger partial charge in [0.15, 0.2) is 6.34 Å². The van der Waals surface area contributed by atoms with Gasteiger partial charge in [-0.3, -0.25) is 4.99 Å². The van der Waals surface area contributed by atoms with Gasteiger partial charge in [0, 0.05) is 6.54 Å². The van der Waals surface area contributed by atoms with Crippen LogP contribution < -0.4 is 0 Å². The molecule has 1 aliphatic heterocycles. The average molecular weight is 163 g/mol. The van der Waals surface area contributed by atoms with Crippen molar-refractivity contribution in [2.24, 2.45) is 4.99 Å². The van der Waals surface area contributed by atoms with Crippen LogP contribution in [0.2, 0.25) is 0 Å². The van der Waals surface area contributed by atoms with E-state index < -0.39 is 19.1 Å². The number of nitrogens with zero attached hydrogens (tertiary/aromatic N) is 2. The highest BCUT2D eigenvalue weighted by Crippen LogP contribution is 2.15. The first kappa shape index (κ1) is 8.36. The van der Waals surface area contributed by atoms with Gasteiger partial charge in [-0.15, -0.1) is 0 Å².